The first-order valence-corrected chi connectivity index (χ1v) is 8.17. The Morgan fingerprint density at radius 1 is 1.25 bits per heavy atom. The van der Waals surface area contributed by atoms with Gasteiger partial charge >= 0.3 is 0 Å². The molecule has 0 aliphatic carbocycles. The van der Waals surface area contributed by atoms with Gasteiger partial charge in [-0.25, -0.2) is 0 Å². The lowest BCUT2D eigenvalue weighted by Crippen LogP contribution is -2.27. The summed E-state index contributed by atoms with van der Waals surface area (Å²) in [6, 6.07) is 16.4. The lowest BCUT2D eigenvalue weighted by molar-refractivity contribution is -0.118. The molecule has 0 radical (unpaired) electrons. The number of carbonyl (C=O) groups excluding carboxylic acids is 1. The normalized spacial score (nSPS) is 18.1. The highest BCUT2D eigenvalue weighted by atomic mass is 16.5. The zero-order valence-electron chi connectivity index (χ0n) is 13.5. The van der Waals surface area contributed by atoms with Gasteiger partial charge in [-0.2, -0.15) is 0 Å². The summed E-state index contributed by atoms with van der Waals surface area (Å²) in [5.41, 5.74) is 7.16. The molecule has 1 saturated heterocycles. The Hall–Kier alpha value is -2.53. The Balaban J connectivity index is 1.67. The lowest BCUT2D eigenvalue weighted by Gasteiger charge is -2.18. The number of anilines is 1. The number of carbonyl (C=O) groups is 1. The van der Waals surface area contributed by atoms with E-state index in [1.807, 2.05) is 54.6 Å². The second kappa shape index (κ2) is 7.84. The van der Waals surface area contributed by atoms with E-state index < -0.39 is 11.9 Å². The summed E-state index contributed by atoms with van der Waals surface area (Å²) < 4.78 is 11.4. The largest absolute Gasteiger partial charge is 0.491 e. The lowest BCUT2D eigenvalue weighted by atomic mass is 10.1. The van der Waals surface area contributed by atoms with E-state index in [2.05, 4.69) is 5.32 Å². The van der Waals surface area contributed by atoms with Crippen LogP contribution in [0.5, 0.6) is 5.75 Å². The average molecular weight is 326 g/mol. The van der Waals surface area contributed by atoms with E-state index in [4.69, 9.17) is 15.2 Å². The van der Waals surface area contributed by atoms with Crippen molar-refractivity contribution < 1.29 is 14.3 Å². The Bertz CT molecular complexity index is 669. The van der Waals surface area contributed by atoms with E-state index in [-0.39, 0.29) is 6.10 Å². The van der Waals surface area contributed by atoms with Gasteiger partial charge in [-0.15, -0.1) is 0 Å². The quantitative estimate of drug-likeness (QED) is 0.820. The van der Waals surface area contributed by atoms with Gasteiger partial charge < -0.3 is 20.5 Å². The van der Waals surface area contributed by atoms with Gasteiger partial charge in [-0.05, 0) is 30.5 Å². The van der Waals surface area contributed by atoms with E-state index in [9.17, 15) is 4.79 Å². The number of amides is 1. The number of rotatable bonds is 7. The highest BCUT2D eigenvalue weighted by molar-refractivity contribution is 5.84. The Morgan fingerprint density at radius 3 is 2.79 bits per heavy atom. The summed E-state index contributed by atoms with van der Waals surface area (Å²) in [6.45, 7) is 1.36. The monoisotopic (exact) mass is 326 g/mol. The fraction of sp³-hybridized carbons (Fsp3) is 0.316. The minimum absolute atomic E-state index is 0.171. The van der Waals surface area contributed by atoms with Crippen molar-refractivity contribution in [1.82, 2.24) is 0 Å². The van der Waals surface area contributed by atoms with Gasteiger partial charge in [0.15, 0.2) is 0 Å². The molecule has 0 bridgehead atoms. The Morgan fingerprint density at radius 2 is 2.08 bits per heavy atom. The number of benzene rings is 2. The standard InChI is InChI=1S/C19H22N2O3/c20-19(22)18(14-6-2-1-3-7-14)21-15-8-4-9-16(12-15)24-13-17-10-5-11-23-17/h1-4,6-9,12,17-18,21H,5,10-11,13H2,(H2,20,22)/t17-,18+/m1/s1. The van der Waals surface area contributed by atoms with E-state index in [1.165, 1.54) is 0 Å². The van der Waals surface area contributed by atoms with Gasteiger partial charge in [-0.1, -0.05) is 36.4 Å². The predicted molar refractivity (Wildman–Crippen MR) is 92.9 cm³/mol. The zero-order valence-corrected chi connectivity index (χ0v) is 13.5. The first-order chi connectivity index (χ1) is 11.7. The predicted octanol–water partition coefficient (Wildman–Crippen LogP) is 2.88. The van der Waals surface area contributed by atoms with Crippen molar-refractivity contribution in [3.63, 3.8) is 0 Å². The highest BCUT2D eigenvalue weighted by Crippen LogP contribution is 2.24. The fourth-order valence-corrected chi connectivity index (χ4v) is 2.77. The van der Waals surface area contributed by atoms with E-state index in [0.29, 0.717) is 6.61 Å². The summed E-state index contributed by atoms with van der Waals surface area (Å²) in [4.78, 5) is 11.8. The van der Waals surface area contributed by atoms with Crippen LogP contribution in [0.25, 0.3) is 0 Å². The van der Waals surface area contributed by atoms with Crippen LogP contribution in [-0.4, -0.2) is 25.2 Å². The number of hydrogen-bond donors (Lipinski definition) is 2. The van der Waals surface area contributed by atoms with Crippen LogP contribution < -0.4 is 15.8 Å². The molecule has 1 aliphatic rings. The van der Waals surface area contributed by atoms with Crippen molar-refractivity contribution in [2.75, 3.05) is 18.5 Å². The van der Waals surface area contributed by atoms with Crippen molar-refractivity contribution in [2.24, 2.45) is 5.73 Å². The number of primary amides is 1. The molecule has 2 aromatic rings. The molecule has 126 valence electrons. The molecule has 0 saturated carbocycles. The molecular weight excluding hydrogens is 304 g/mol. The van der Waals surface area contributed by atoms with Crippen molar-refractivity contribution in [1.29, 1.82) is 0 Å². The van der Waals surface area contributed by atoms with Crippen molar-refractivity contribution in [3.8, 4) is 5.75 Å². The number of hydrogen-bond acceptors (Lipinski definition) is 4. The molecular formula is C19H22N2O3. The molecule has 2 atom stereocenters. The summed E-state index contributed by atoms with van der Waals surface area (Å²) in [6.07, 6.45) is 2.30. The van der Waals surface area contributed by atoms with E-state index >= 15 is 0 Å². The maximum atomic E-state index is 11.8. The summed E-state index contributed by atoms with van der Waals surface area (Å²) >= 11 is 0. The molecule has 1 amide bonds. The first-order valence-electron chi connectivity index (χ1n) is 8.17. The maximum absolute atomic E-state index is 11.8. The third kappa shape index (κ3) is 4.26. The third-order valence-corrected chi connectivity index (χ3v) is 4.02. The van der Waals surface area contributed by atoms with Crippen LogP contribution in [0.2, 0.25) is 0 Å². The van der Waals surface area contributed by atoms with Crippen LogP contribution in [-0.2, 0) is 9.53 Å². The van der Waals surface area contributed by atoms with Crippen molar-refractivity contribution >= 4 is 11.6 Å². The molecule has 1 heterocycles. The minimum atomic E-state index is -0.584. The van der Waals surface area contributed by atoms with Crippen molar-refractivity contribution in [2.45, 2.75) is 25.0 Å². The van der Waals surface area contributed by atoms with Gasteiger partial charge in [0, 0.05) is 18.4 Å². The first kappa shape index (κ1) is 16.3. The molecule has 5 heteroatoms. The van der Waals surface area contributed by atoms with Gasteiger partial charge in [0.25, 0.3) is 0 Å². The zero-order chi connectivity index (χ0) is 16.8. The van der Waals surface area contributed by atoms with E-state index in [0.717, 1.165) is 36.4 Å². The van der Waals surface area contributed by atoms with Crippen LogP contribution in [0.15, 0.2) is 54.6 Å². The summed E-state index contributed by atoms with van der Waals surface area (Å²) in [7, 11) is 0. The number of nitrogens with two attached hydrogens (primary N) is 1. The molecule has 1 fully saturated rings. The van der Waals surface area contributed by atoms with Gasteiger partial charge in [0.2, 0.25) is 5.91 Å². The van der Waals surface area contributed by atoms with Crippen molar-refractivity contribution in [3.05, 3.63) is 60.2 Å². The molecule has 24 heavy (non-hydrogen) atoms. The van der Waals surface area contributed by atoms with E-state index in [1.54, 1.807) is 0 Å². The Labute approximate surface area is 141 Å². The molecule has 3 rings (SSSR count). The molecule has 5 nitrogen and oxygen atoms in total. The van der Waals surface area contributed by atoms with Crippen LogP contribution in [0, 0.1) is 0 Å². The molecule has 3 N–H and O–H groups in total. The van der Waals surface area contributed by atoms with Crippen LogP contribution in [0.3, 0.4) is 0 Å². The number of nitrogens with one attached hydrogen (secondary N) is 1. The average Bonchev–Trinajstić information content (AvgIpc) is 3.12. The van der Waals surface area contributed by atoms with Crippen LogP contribution in [0.1, 0.15) is 24.4 Å². The molecule has 0 unspecified atom stereocenters. The number of ether oxygens (including phenoxy) is 2. The third-order valence-electron chi connectivity index (χ3n) is 4.02. The molecule has 0 spiro atoms. The Kier molecular flexibility index (Phi) is 5.33. The van der Waals surface area contributed by atoms with Crippen LogP contribution in [0.4, 0.5) is 5.69 Å². The second-order valence-corrected chi connectivity index (χ2v) is 5.86. The van der Waals surface area contributed by atoms with Crippen LogP contribution >= 0.6 is 0 Å². The van der Waals surface area contributed by atoms with Gasteiger partial charge in [-0.3, -0.25) is 4.79 Å². The highest BCUT2D eigenvalue weighted by Gasteiger charge is 2.18. The molecule has 1 aliphatic heterocycles. The topological polar surface area (TPSA) is 73.6 Å². The van der Waals surface area contributed by atoms with Gasteiger partial charge in [0.1, 0.15) is 18.4 Å². The van der Waals surface area contributed by atoms with Gasteiger partial charge in [0.05, 0.1) is 6.10 Å². The maximum Gasteiger partial charge on any atom is 0.244 e. The minimum Gasteiger partial charge on any atom is -0.491 e. The molecule has 0 aromatic heterocycles. The molecule has 2 aromatic carbocycles. The summed E-state index contributed by atoms with van der Waals surface area (Å²) in [5, 5.41) is 3.18. The summed E-state index contributed by atoms with van der Waals surface area (Å²) in [5.74, 6) is 0.318. The SMILES string of the molecule is NC(=O)[C@@H](Nc1cccc(OC[C@H]2CCCO2)c1)c1ccccc1. The fourth-order valence-electron chi connectivity index (χ4n) is 2.77. The second-order valence-electron chi connectivity index (χ2n) is 5.86. The smallest absolute Gasteiger partial charge is 0.244 e.